The second kappa shape index (κ2) is 5.72. The second-order valence-corrected chi connectivity index (χ2v) is 10.1. The Morgan fingerprint density at radius 2 is 1.73 bits per heavy atom. The molecule has 3 fully saturated rings. The molecule has 6 atom stereocenters. The van der Waals surface area contributed by atoms with Crippen LogP contribution in [0.3, 0.4) is 0 Å². The van der Waals surface area contributed by atoms with Crippen molar-refractivity contribution in [2.75, 3.05) is 0 Å². The first-order chi connectivity index (χ1) is 12.0. The molecule has 6 nitrogen and oxygen atoms in total. The Labute approximate surface area is 154 Å². The SMILES string of the molecule is C[C@]12CC[C@H](OS(=O)(=O)O)CC1=CC(=O)[C@@H]1[C@@H]2CC[C@]2(C)C(=O)CC[C@@H]12. The monoisotopic (exact) mass is 382 g/mol. The number of hydrogen-bond donors (Lipinski definition) is 1. The molecule has 0 aromatic heterocycles. The van der Waals surface area contributed by atoms with Crippen LogP contribution in [0.25, 0.3) is 0 Å². The molecule has 0 amide bonds. The highest BCUT2D eigenvalue weighted by atomic mass is 32.3. The minimum absolute atomic E-state index is 0.0839. The lowest BCUT2D eigenvalue weighted by Gasteiger charge is -2.55. The lowest BCUT2D eigenvalue weighted by molar-refractivity contribution is -0.139. The van der Waals surface area contributed by atoms with Crippen LogP contribution < -0.4 is 0 Å². The van der Waals surface area contributed by atoms with E-state index < -0.39 is 16.5 Å². The molecule has 0 aromatic carbocycles. The molecule has 4 rings (SSSR count). The van der Waals surface area contributed by atoms with Crippen molar-refractivity contribution in [3.63, 3.8) is 0 Å². The molecule has 4 aliphatic rings. The van der Waals surface area contributed by atoms with Crippen LogP contribution in [0.1, 0.15) is 58.8 Å². The molecule has 0 unspecified atom stereocenters. The van der Waals surface area contributed by atoms with Gasteiger partial charge in [0.05, 0.1) is 6.10 Å². The summed E-state index contributed by atoms with van der Waals surface area (Å²) in [6.07, 6.45) is 5.75. The van der Waals surface area contributed by atoms with Gasteiger partial charge < -0.3 is 0 Å². The van der Waals surface area contributed by atoms with Gasteiger partial charge in [-0.25, -0.2) is 4.18 Å². The van der Waals surface area contributed by atoms with Crippen molar-refractivity contribution in [3.05, 3.63) is 11.6 Å². The van der Waals surface area contributed by atoms with Crippen molar-refractivity contribution in [2.24, 2.45) is 28.6 Å². The molecule has 0 bridgehead atoms. The molecule has 1 N–H and O–H groups in total. The summed E-state index contributed by atoms with van der Waals surface area (Å²) in [6, 6.07) is 0. The van der Waals surface area contributed by atoms with Gasteiger partial charge in [-0.3, -0.25) is 14.1 Å². The number of carbonyl (C=O) groups is 2. The van der Waals surface area contributed by atoms with E-state index in [0.29, 0.717) is 25.0 Å². The van der Waals surface area contributed by atoms with Crippen LogP contribution in [0.2, 0.25) is 0 Å². The van der Waals surface area contributed by atoms with Crippen LogP contribution in [0.15, 0.2) is 11.6 Å². The first-order valence-corrected chi connectivity index (χ1v) is 10.8. The summed E-state index contributed by atoms with van der Waals surface area (Å²) in [7, 11) is -4.49. The van der Waals surface area contributed by atoms with Gasteiger partial charge >= 0.3 is 10.4 Å². The number of hydrogen-bond acceptors (Lipinski definition) is 5. The first kappa shape index (κ1) is 18.3. The molecular formula is C19H26O6S. The zero-order valence-electron chi connectivity index (χ0n) is 15.2. The van der Waals surface area contributed by atoms with Gasteiger partial charge in [0.1, 0.15) is 5.78 Å². The summed E-state index contributed by atoms with van der Waals surface area (Å²) in [5.41, 5.74) is 0.422. The van der Waals surface area contributed by atoms with Crippen molar-refractivity contribution in [1.82, 2.24) is 0 Å². The molecule has 144 valence electrons. The number of fused-ring (bicyclic) bond motifs is 5. The number of carbonyl (C=O) groups excluding carboxylic acids is 2. The van der Waals surface area contributed by atoms with E-state index in [1.165, 1.54) is 0 Å². The van der Waals surface area contributed by atoms with E-state index in [-0.39, 0.29) is 34.4 Å². The predicted octanol–water partition coefficient (Wildman–Crippen LogP) is 2.89. The zero-order chi connectivity index (χ0) is 18.9. The zero-order valence-corrected chi connectivity index (χ0v) is 16.0. The quantitative estimate of drug-likeness (QED) is 0.738. The van der Waals surface area contributed by atoms with Crippen molar-refractivity contribution < 1.29 is 26.7 Å². The minimum Gasteiger partial charge on any atom is -0.299 e. The highest BCUT2D eigenvalue weighted by molar-refractivity contribution is 7.80. The Bertz CT molecular complexity index is 799. The summed E-state index contributed by atoms with van der Waals surface area (Å²) in [5, 5.41) is 0. The van der Waals surface area contributed by atoms with Crippen LogP contribution in [0.5, 0.6) is 0 Å². The van der Waals surface area contributed by atoms with E-state index in [9.17, 15) is 18.0 Å². The van der Waals surface area contributed by atoms with Gasteiger partial charge in [-0.05, 0) is 61.9 Å². The number of ketones is 2. The first-order valence-electron chi connectivity index (χ1n) is 9.48. The lowest BCUT2D eigenvalue weighted by atomic mass is 9.48. The van der Waals surface area contributed by atoms with Crippen LogP contribution in [-0.2, 0) is 24.2 Å². The van der Waals surface area contributed by atoms with Gasteiger partial charge in [-0.1, -0.05) is 19.4 Å². The molecule has 0 heterocycles. The third-order valence-corrected chi connectivity index (χ3v) is 8.38. The molecule has 4 aliphatic carbocycles. The van der Waals surface area contributed by atoms with E-state index >= 15 is 0 Å². The van der Waals surface area contributed by atoms with Crippen molar-refractivity contribution in [1.29, 1.82) is 0 Å². The lowest BCUT2D eigenvalue weighted by Crippen LogP contribution is -2.53. The molecule has 0 saturated heterocycles. The largest absolute Gasteiger partial charge is 0.397 e. The summed E-state index contributed by atoms with van der Waals surface area (Å²) in [6.45, 7) is 4.21. The topological polar surface area (TPSA) is 97.7 Å². The molecule has 0 radical (unpaired) electrons. The molecule has 0 aromatic rings. The van der Waals surface area contributed by atoms with Gasteiger partial charge in [0.25, 0.3) is 0 Å². The molecule has 7 heteroatoms. The fraction of sp³-hybridized carbons (Fsp3) is 0.789. The Morgan fingerprint density at radius 3 is 2.42 bits per heavy atom. The van der Waals surface area contributed by atoms with Crippen molar-refractivity contribution in [3.8, 4) is 0 Å². The van der Waals surface area contributed by atoms with E-state index in [0.717, 1.165) is 31.3 Å². The van der Waals surface area contributed by atoms with Crippen LogP contribution in [0, 0.1) is 28.6 Å². The Balaban J connectivity index is 1.66. The molecule has 0 spiro atoms. The number of Topliss-reactive ketones (excluding diaryl/α,β-unsaturated/α-hetero) is 1. The van der Waals surface area contributed by atoms with Gasteiger partial charge in [0.2, 0.25) is 0 Å². The fourth-order valence-corrected chi connectivity index (χ4v) is 6.90. The van der Waals surface area contributed by atoms with Crippen LogP contribution in [-0.4, -0.2) is 30.6 Å². The Hall–Kier alpha value is -1.05. The number of allylic oxidation sites excluding steroid dienone is 1. The van der Waals surface area contributed by atoms with Gasteiger partial charge in [-0.15, -0.1) is 0 Å². The Kier molecular flexibility index (Phi) is 4.03. The molecule has 26 heavy (non-hydrogen) atoms. The summed E-state index contributed by atoms with van der Waals surface area (Å²) in [4.78, 5) is 25.4. The smallest absolute Gasteiger partial charge is 0.299 e. The predicted molar refractivity (Wildman–Crippen MR) is 93.5 cm³/mol. The maximum absolute atomic E-state index is 13.0. The Morgan fingerprint density at radius 1 is 1.08 bits per heavy atom. The summed E-state index contributed by atoms with van der Waals surface area (Å²) in [5.74, 6) is 0.612. The summed E-state index contributed by atoms with van der Waals surface area (Å²) >= 11 is 0. The highest BCUT2D eigenvalue weighted by Gasteiger charge is 2.61. The van der Waals surface area contributed by atoms with E-state index in [4.69, 9.17) is 8.74 Å². The third-order valence-electron chi connectivity index (χ3n) is 7.87. The molecule has 3 saturated carbocycles. The van der Waals surface area contributed by atoms with Gasteiger partial charge in [0.15, 0.2) is 5.78 Å². The van der Waals surface area contributed by atoms with Crippen LogP contribution >= 0.6 is 0 Å². The van der Waals surface area contributed by atoms with Crippen molar-refractivity contribution >= 4 is 22.0 Å². The average Bonchev–Trinajstić information content (AvgIpc) is 2.83. The maximum Gasteiger partial charge on any atom is 0.397 e. The third kappa shape index (κ3) is 2.62. The maximum atomic E-state index is 13.0. The molecule has 0 aliphatic heterocycles. The highest BCUT2D eigenvalue weighted by Crippen LogP contribution is 2.63. The standard InChI is InChI=1S/C19H26O6S/c1-18-7-5-12(25-26(22,23)24)9-11(18)10-15(20)17-13-3-4-16(21)19(13,2)8-6-14(17)18/h10,12-14,17H,3-9H2,1-2H3,(H,22,23,24)/t12-,13-,14-,17-,18-,19-/m0/s1. The minimum atomic E-state index is -4.49. The normalized spacial score (nSPS) is 45.6. The second-order valence-electron chi connectivity index (χ2n) is 9.03. The van der Waals surface area contributed by atoms with Crippen molar-refractivity contribution in [2.45, 2.75) is 64.9 Å². The van der Waals surface area contributed by atoms with E-state index in [1.807, 2.05) is 6.92 Å². The van der Waals surface area contributed by atoms with Gasteiger partial charge in [0, 0.05) is 17.8 Å². The number of rotatable bonds is 2. The van der Waals surface area contributed by atoms with Gasteiger partial charge in [-0.2, -0.15) is 8.42 Å². The summed E-state index contributed by atoms with van der Waals surface area (Å²) < 4.78 is 35.8. The average molecular weight is 382 g/mol. The van der Waals surface area contributed by atoms with E-state index in [2.05, 4.69) is 6.92 Å². The fourth-order valence-electron chi connectivity index (χ4n) is 6.40. The molecular weight excluding hydrogens is 356 g/mol. The van der Waals surface area contributed by atoms with Crippen LogP contribution in [0.4, 0.5) is 0 Å². The van der Waals surface area contributed by atoms with E-state index in [1.54, 1.807) is 6.08 Å².